The van der Waals surface area contributed by atoms with E-state index in [2.05, 4.69) is 39.7 Å². The first-order chi connectivity index (χ1) is 9.43. The van der Waals surface area contributed by atoms with Crippen LogP contribution in [0.25, 0.3) is 11.4 Å². The van der Waals surface area contributed by atoms with Gasteiger partial charge in [-0.3, -0.25) is 0 Å². The number of hydrogen-bond acceptors (Lipinski definition) is 3. The molecule has 106 valence electrons. The third-order valence-corrected chi connectivity index (χ3v) is 3.85. The van der Waals surface area contributed by atoms with Crippen LogP contribution in [0.15, 0.2) is 22.7 Å². The van der Waals surface area contributed by atoms with Gasteiger partial charge >= 0.3 is 0 Å². The topological polar surface area (TPSA) is 35.0 Å². The summed E-state index contributed by atoms with van der Waals surface area (Å²) in [5, 5.41) is 0.504. The van der Waals surface area contributed by atoms with Crippen LogP contribution in [0.5, 0.6) is 5.75 Å². The molecule has 0 aliphatic rings. The van der Waals surface area contributed by atoms with E-state index in [4.69, 9.17) is 16.3 Å². The number of methoxy groups -OCH3 is 1. The maximum Gasteiger partial charge on any atom is 0.164 e. The zero-order chi connectivity index (χ0) is 14.9. The second kappa shape index (κ2) is 6.10. The Balaban J connectivity index is 2.62. The van der Waals surface area contributed by atoms with Crippen molar-refractivity contribution in [3.63, 3.8) is 0 Å². The van der Waals surface area contributed by atoms with Crippen LogP contribution >= 0.6 is 27.5 Å². The fourth-order valence-corrected chi connectivity index (χ4v) is 2.97. The molecule has 5 heteroatoms. The van der Waals surface area contributed by atoms with Crippen molar-refractivity contribution in [1.29, 1.82) is 0 Å². The van der Waals surface area contributed by atoms with E-state index in [-0.39, 0.29) is 0 Å². The molecule has 0 aliphatic heterocycles. The van der Waals surface area contributed by atoms with Gasteiger partial charge in [-0.05, 0) is 31.0 Å². The van der Waals surface area contributed by atoms with Gasteiger partial charge in [0.1, 0.15) is 10.9 Å². The van der Waals surface area contributed by atoms with Gasteiger partial charge in [0, 0.05) is 15.7 Å². The summed E-state index contributed by atoms with van der Waals surface area (Å²) in [7, 11) is 1.63. The minimum absolute atomic E-state index is 0.293. The number of aromatic nitrogens is 2. The van der Waals surface area contributed by atoms with Gasteiger partial charge in [0.15, 0.2) is 5.82 Å². The second-order valence-electron chi connectivity index (χ2n) is 4.84. The Bertz CT molecular complexity index is 621. The summed E-state index contributed by atoms with van der Waals surface area (Å²) in [6.45, 7) is 6.12. The minimum Gasteiger partial charge on any atom is -0.496 e. The molecule has 3 nitrogen and oxygen atoms in total. The molecular weight excluding hydrogens is 340 g/mol. The number of hydrogen-bond donors (Lipinski definition) is 0. The number of aryl methyl sites for hydroxylation is 1. The molecule has 0 aliphatic carbocycles. The van der Waals surface area contributed by atoms with Gasteiger partial charge in [-0.1, -0.05) is 41.4 Å². The highest BCUT2D eigenvalue weighted by atomic mass is 79.9. The van der Waals surface area contributed by atoms with Crippen LogP contribution in [0, 0.1) is 6.92 Å². The third-order valence-electron chi connectivity index (χ3n) is 3.07. The number of benzene rings is 1. The van der Waals surface area contributed by atoms with Crippen LogP contribution in [0.4, 0.5) is 0 Å². The van der Waals surface area contributed by atoms with Crippen molar-refractivity contribution in [2.24, 2.45) is 0 Å². The van der Waals surface area contributed by atoms with Crippen molar-refractivity contribution < 1.29 is 4.74 Å². The summed E-state index contributed by atoms with van der Waals surface area (Å²) in [6.07, 6.45) is 0. The van der Waals surface area contributed by atoms with Crippen molar-refractivity contribution >= 4 is 27.5 Å². The lowest BCUT2D eigenvalue weighted by Crippen LogP contribution is -2.02. The second-order valence-corrected chi connectivity index (χ2v) is 6.11. The van der Waals surface area contributed by atoms with E-state index < -0.39 is 0 Å². The Hall–Kier alpha value is -1.13. The van der Waals surface area contributed by atoms with E-state index >= 15 is 0 Å². The van der Waals surface area contributed by atoms with Crippen LogP contribution < -0.4 is 4.74 Å². The summed E-state index contributed by atoms with van der Waals surface area (Å²) in [5.74, 6) is 1.59. The van der Waals surface area contributed by atoms with Gasteiger partial charge in [-0.25, -0.2) is 9.97 Å². The third kappa shape index (κ3) is 2.96. The molecule has 0 spiro atoms. The first-order valence-electron chi connectivity index (χ1n) is 6.32. The molecule has 0 atom stereocenters. The standard InChI is InChI=1S/C15H16BrClN2O/c1-8(2)13-9(3)18-15(19-14(13)17)11-7-10(16)5-6-12(11)20-4/h5-8H,1-4H3. The van der Waals surface area contributed by atoms with Crippen molar-refractivity contribution in [2.75, 3.05) is 7.11 Å². The highest BCUT2D eigenvalue weighted by Crippen LogP contribution is 2.33. The molecule has 0 saturated heterocycles. The molecule has 1 aromatic carbocycles. The Morgan fingerprint density at radius 2 is 1.95 bits per heavy atom. The first-order valence-corrected chi connectivity index (χ1v) is 7.49. The van der Waals surface area contributed by atoms with Crippen molar-refractivity contribution in [3.8, 4) is 17.1 Å². The summed E-state index contributed by atoms with van der Waals surface area (Å²) in [4.78, 5) is 9.01. The van der Waals surface area contributed by atoms with Crippen molar-refractivity contribution in [1.82, 2.24) is 9.97 Å². The van der Waals surface area contributed by atoms with E-state index in [0.29, 0.717) is 16.9 Å². The Morgan fingerprint density at radius 3 is 2.50 bits per heavy atom. The van der Waals surface area contributed by atoms with Crippen LogP contribution in [0.2, 0.25) is 5.15 Å². The predicted molar refractivity (Wildman–Crippen MR) is 85.6 cm³/mol. The summed E-state index contributed by atoms with van der Waals surface area (Å²) in [6, 6.07) is 5.72. The lowest BCUT2D eigenvalue weighted by Gasteiger charge is -2.14. The number of nitrogens with zero attached hydrogens (tertiary/aromatic N) is 2. The average molecular weight is 356 g/mol. The number of rotatable bonds is 3. The van der Waals surface area contributed by atoms with Crippen molar-refractivity contribution in [2.45, 2.75) is 26.7 Å². The SMILES string of the molecule is COc1ccc(Br)cc1-c1nc(C)c(C(C)C)c(Cl)n1. The monoisotopic (exact) mass is 354 g/mol. The van der Waals surface area contributed by atoms with Gasteiger partial charge in [-0.15, -0.1) is 0 Å². The quantitative estimate of drug-likeness (QED) is 0.727. The minimum atomic E-state index is 0.293. The van der Waals surface area contributed by atoms with Gasteiger partial charge in [0.05, 0.1) is 12.7 Å². The van der Waals surface area contributed by atoms with Crippen molar-refractivity contribution in [3.05, 3.63) is 39.1 Å². The van der Waals surface area contributed by atoms with Gasteiger partial charge < -0.3 is 4.74 Å². The van der Waals surface area contributed by atoms with E-state index in [1.165, 1.54) is 0 Å². The fourth-order valence-electron chi connectivity index (χ4n) is 2.18. The molecule has 0 bridgehead atoms. The molecule has 0 saturated carbocycles. The zero-order valence-corrected chi connectivity index (χ0v) is 14.2. The number of halogens is 2. The fraction of sp³-hybridized carbons (Fsp3) is 0.333. The van der Waals surface area contributed by atoms with E-state index in [0.717, 1.165) is 27.0 Å². The van der Waals surface area contributed by atoms with Gasteiger partial charge in [0.2, 0.25) is 0 Å². The molecule has 0 N–H and O–H groups in total. The lowest BCUT2D eigenvalue weighted by molar-refractivity contribution is 0.416. The van der Waals surface area contributed by atoms with Crippen LogP contribution in [-0.2, 0) is 0 Å². The zero-order valence-electron chi connectivity index (χ0n) is 11.9. The van der Waals surface area contributed by atoms with Gasteiger partial charge in [0.25, 0.3) is 0 Å². The molecule has 20 heavy (non-hydrogen) atoms. The average Bonchev–Trinajstić information content (AvgIpc) is 2.37. The Morgan fingerprint density at radius 1 is 1.25 bits per heavy atom. The molecular formula is C15H16BrClN2O. The lowest BCUT2D eigenvalue weighted by atomic mass is 10.0. The largest absolute Gasteiger partial charge is 0.496 e. The predicted octanol–water partition coefficient (Wildman–Crippen LogP) is 5.00. The maximum atomic E-state index is 6.31. The van der Waals surface area contributed by atoms with Crippen LogP contribution in [-0.4, -0.2) is 17.1 Å². The molecule has 0 unspecified atom stereocenters. The van der Waals surface area contributed by atoms with E-state index in [9.17, 15) is 0 Å². The normalized spacial score (nSPS) is 10.9. The summed E-state index contributed by atoms with van der Waals surface area (Å²) >= 11 is 9.76. The molecule has 1 aromatic heterocycles. The smallest absolute Gasteiger partial charge is 0.164 e. The maximum absolute atomic E-state index is 6.31. The van der Waals surface area contributed by atoms with Gasteiger partial charge in [-0.2, -0.15) is 0 Å². The van der Waals surface area contributed by atoms with E-state index in [1.54, 1.807) is 7.11 Å². The summed E-state index contributed by atoms with van der Waals surface area (Å²) < 4.78 is 6.31. The highest BCUT2D eigenvalue weighted by Gasteiger charge is 2.16. The molecule has 0 radical (unpaired) electrons. The Labute approximate surface area is 132 Å². The number of ether oxygens (including phenoxy) is 1. The molecule has 2 aromatic rings. The molecule has 0 amide bonds. The molecule has 2 rings (SSSR count). The molecule has 1 heterocycles. The Kier molecular flexibility index (Phi) is 4.66. The first kappa shape index (κ1) is 15.3. The van der Waals surface area contributed by atoms with E-state index in [1.807, 2.05) is 25.1 Å². The van der Waals surface area contributed by atoms with Crippen LogP contribution in [0.3, 0.4) is 0 Å². The highest BCUT2D eigenvalue weighted by molar-refractivity contribution is 9.10. The summed E-state index contributed by atoms with van der Waals surface area (Å²) in [5.41, 5.74) is 2.71. The molecule has 0 fully saturated rings. The van der Waals surface area contributed by atoms with Crippen LogP contribution in [0.1, 0.15) is 31.0 Å².